The minimum atomic E-state index is -0.460. The number of carbonyl (C=O) groups excluding carboxylic acids is 2. The minimum Gasteiger partial charge on any atom is -0.350 e. The number of halogens is 1. The number of thiophene rings is 1. The Hall–Kier alpha value is -3.25. The molecule has 2 amide bonds. The van der Waals surface area contributed by atoms with Crippen LogP contribution in [0.15, 0.2) is 65.7 Å². The number of benzene rings is 2. The SMILES string of the molecule is Cc1ccc(NC2=C(c3cccs3)C(=O)N(c3ccc(F)cc3)C2=O)cc1C. The van der Waals surface area contributed by atoms with Gasteiger partial charge in [-0.05, 0) is 72.8 Å². The van der Waals surface area contributed by atoms with Crippen molar-refractivity contribution in [3.8, 4) is 0 Å². The van der Waals surface area contributed by atoms with Crippen LogP contribution in [0.2, 0.25) is 0 Å². The summed E-state index contributed by atoms with van der Waals surface area (Å²) >= 11 is 1.39. The number of nitrogens with zero attached hydrogens (tertiary/aromatic N) is 1. The van der Waals surface area contributed by atoms with Crippen LogP contribution in [-0.4, -0.2) is 11.8 Å². The fourth-order valence-corrected chi connectivity index (χ4v) is 3.85. The van der Waals surface area contributed by atoms with E-state index in [-0.39, 0.29) is 5.70 Å². The van der Waals surface area contributed by atoms with E-state index in [1.165, 1.54) is 35.6 Å². The van der Waals surface area contributed by atoms with Crippen molar-refractivity contribution < 1.29 is 14.0 Å². The molecule has 4 rings (SSSR count). The monoisotopic (exact) mass is 392 g/mol. The Bertz CT molecular complexity index is 1100. The van der Waals surface area contributed by atoms with E-state index in [4.69, 9.17) is 0 Å². The molecule has 0 radical (unpaired) electrons. The van der Waals surface area contributed by atoms with Gasteiger partial charge in [-0.2, -0.15) is 0 Å². The highest BCUT2D eigenvalue weighted by atomic mass is 32.1. The number of carbonyl (C=O) groups is 2. The van der Waals surface area contributed by atoms with E-state index in [1.54, 1.807) is 6.07 Å². The zero-order valence-electron chi connectivity index (χ0n) is 15.3. The van der Waals surface area contributed by atoms with Crippen LogP contribution in [0.4, 0.5) is 15.8 Å². The Morgan fingerprint density at radius 2 is 1.68 bits per heavy atom. The fraction of sp³-hybridized carbons (Fsp3) is 0.0909. The minimum absolute atomic E-state index is 0.222. The summed E-state index contributed by atoms with van der Waals surface area (Å²) in [6, 6.07) is 14.7. The summed E-state index contributed by atoms with van der Waals surface area (Å²) in [5.41, 5.74) is 3.83. The zero-order valence-corrected chi connectivity index (χ0v) is 16.1. The molecular weight excluding hydrogens is 375 g/mol. The Balaban J connectivity index is 1.79. The van der Waals surface area contributed by atoms with Crippen LogP contribution in [0.25, 0.3) is 5.57 Å². The van der Waals surface area contributed by atoms with Crippen molar-refractivity contribution in [1.82, 2.24) is 0 Å². The third-order valence-corrected chi connectivity index (χ3v) is 5.60. The van der Waals surface area contributed by atoms with Crippen molar-refractivity contribution in [3.05, 3.63) is 87.5 Å². The van der Waals surface area contributed by atoms with E-state index in [0.717, 1.165) is 21.7 Å². The molecule has 0 bridgehead atoms. The molecule has 0 aliphatic carbocycles. The van der Waals surface area contributed by atoms with Gasteiger partial charge in [0.2, 0.25) is 0 Å². The first kappa shape index (κ1) is 18.1. The standard InChI is InChI=1S/C22H17FN2O2S/c1-13-5-8-16(12-14(13)2)24-20-19(18-4-3-11-28-18)21(26)25(22(20)27)17-9-6-15(23)7-10-17/h3-12,24H,1-2H3. The van der Waals surface area contributed by atoms with Crippen molar-refractivity contribution in [3.63, 3.8) is 0 Å². The summed E-state index contributed by atoms with van der Waals surface area (Å²) in [6.07, 6.45) is 0. The Morgan fingerprint density at radius 1 is 0.929 bits per heavy atom. The lowest BCUT2D eigenvalue weighted by Gasteiger charge is -2.15. The van der Waals surface area contributed by atoms with E-state index in [1.807, 2.05) is 43.5 Å². The molecule has 2 aromatic carbocycles. The molecule has 0 saturated heterocycles. The molecule has 1 aliphatic heterocycles. The average Bonchev–Trinajstić information content (AvgIpc) is 3.27. The summed E-state index contributed by atoms with van der Waals surface area (Å²) < 4.78 is 13.3. The average molecular weight is 392 g/mol. The largest absolute Gasteiger partial charge is 0.350 e. The van der Waals surface area contributed by atoms with Gasteiger partial charge in [-0.15, -0.1) is 11.3 Å². The third-order valence-electron chi connectivity index (χ3n) is 4.71. The van der Waals surface area contributed by atoms with Crippen molar-refractivity contribution >= 4 is 40.1 Å². The third kappa shape index (κ3) is 3.12. The number of amides is 2. The normalized spacial score (nSPS) is 14.2. The van der Waals surface area contributed by atoms with Gasteiger partial charge in [-0.25, -0.2) is 9.29 Å². The molecule has 28 heavy (non-hydrogen) atoms. The van der Waals surface area contributed by atoms with Gasteiger partial charge >= 0.3 is 0 Å². The Kier molecular flexibility index (Phi) is 4.57. The maximum Gasteiger partial charge on any atom is 0.282 e. The van der Waals surface area contributed by atoms with Gasteiger partial charge in [-0.1, -0.05) is 12.1 Å². The van der Waals surface area contributed by atoms with Crippen LogP contribution in [0, 0.1) is 19.7 Å². The second-order valence-electron chi connectivity index (χ2n) is 6.57. The van der Waals surface area contributed by atoms with Gasteiger partial charge in [-0.3, -0.25) is 9.59 Å². The predicted octanol–water partition coefficient (Wildman–Crippen LogP) is 4.90. The molecular formula is C22H17FN2O2S. The Morgan fingerprint density at radius 3 is 2.32 bits per heavy atom. The Labute approximate surface area is 165 Å². The van der Waals surface area contributed by atoms with Gasteiger partial charge in [0.05, 0.1) is 11.3 Å². The molecule has 6 heteroatoms. The van der Waals surface area contributed by atoms with Crippen molar-refractivity contribution in [2.45, 2.75) is 13.8 Å². The van der Waals surface area contributed by atoms with E-state index >= 15 is 0 Å². The first-order valence-electron chi connectivity index (χ1n) is 8.72. The number of nitrogens with one attached hydrogen (secondary N) is 1. The highest BCUT2D eigenvalue weighted by Crippen LogP contribution is 2.35. The van der Waals surface area contributed by atoms with Gasteiger partial charge in [0, 0.05) is 10.6 Å². The topological polar surface area (TPSA) is 49.4 Å². The molecule has 140 valence electrons. The molecule has 4 nitrogen and oxygen atoms in total. The lowest BCUT2D eigenvalue weighted by molar-refractivity contribution is -0.120. The number of hydrogen-bond donors (Lipinski definition) is 1. The first-order valence-corrected chi connectivity index (χ1v) is 9.60. The zero-order chi connectivity index (χ0) is 19.8. The smallest absolute Gasteiger partial charge is 0.282 e. The van der Waals surface area contributed by atoms with Crippen LogP contribution in [0.5, 0.6) is 0 Å². The van der Waals surface area contributed by atoms with Gasteiger partial charge < -0.3 is 5.32 Å². The predicted molar refractivity (Wildman–Crippen MR) is 110 cm³/mol. The highest BCUT2D eigenvalue weighted by Gasteiger charge is 2.40. The quantitative estimate of drug-likeness (QED) is 0.643. The first-order chi connectivity index (χ1) is 13.5. The van der Waals surface area contributed by atoms with Crippen molar-refractivity contribution in [1.29, 1.82) is 0 Å². The summed E-state index contributed by atoms with van der Waals surface area (Å²) in [6.45, 7) is 4.00. The number of anilines is 2. The molecule has 3 aromatic rings. The van der Waals surface area contributed by atoms with Crippen LogP contribution in [0.3, 0.4) is 0 Å². The molecule has 0 atom stereocenters. The van der Waals surface area contributed by atoms with Gasteiger partial charge in [0.25, 0.3) is 11.8 Å². The highest BCUT2D eigenvalue weighted by molar-refractivity contribution is 7.11. The van der Waals surface area contributed by atoms with Gasteiger partial charge in [0.1, 0.15) is 11.5 Å². The maximum absolute atomic E-state index is 13.3. The molecule has 0 spiro atoms. The van der Waals surface area contributed by atoms with Crippen molar-refractivity contribution in [2.75, 3.05) is 10.2 Å². The van der Waals surface area contributed by atoms with Crippen LogP contribution < -0.4 is 10.2 Å². The summed E-state index contributed by atoms with van der Waals surface area (Å²) in [4.78, 5) is 28.1. The molecule has 0 saturated carbocycles. The number of aryl methyl sites for hydroxylation is 2. The van der Waals surface area contributed by atoms with E-state index in [0.29, 0.717) is 16.1 Å². The lowest BCUT2D eigenvalue weighted by Crippen LogP contribution is -2.32. The second-order valence-corrected chi connectivity index (χ2v) is 7.52. The molecule has 1 N–H and O–H groups in total. The number of hydrogen-bond acceptors (Lipinski definition) is 4. The van der Waals surface area contributed by atoms with Crippen molar-refractivity contribution in [2.24, 2.45) is 0 Å². The van der Waals surface area contributed by atoms with E-state index in [9.17, 15) is 14.0 Å². The number of rotatable bonds is 4. The molecule has 1 aliphatic rings. The molecule has 0 unspecified atom stereocenters. The van der Waals surface area contributed by atoms with E-state index in [2.05, 4.69) is 5.32 Å². The molecule has 2 heterocycles. The maximum atomic E-state index is 13.3. The van der Waals surface area contributed by atoms with E-state index < -0.39 is 17.6 Å². The molecule has 0 fully saturated rings. The summed E-state index contributed by atoms with van der Waals surface area (Å²) in [7, 11) is 0. The molecule has 1 aromatic heterocycles. The summed E-state index contributed by atoms with van der Waals surface area (Å²) in [5.74, 6) is -1.31. The van der Waals surface area contributed by atoms with Crippen LogP contribution in [-0.2, 0) is 9.59 Å². The van der Waals surface area contributed by atoms with Gasteiger partial charge in [0.15, 0.2) is 0 Å². The summed E-state index contributed by atoms with van der Waals surface area (Å²) in [5, 5.41) is 4.99. The van der Waals surface area contributed by atoms with Crippen LogP contribution in [0.1, 0.15) is 16.0 Å². The lowest BCUT2D eigenvalue weighted by atomic mass is 10.1. The van der Waals surface area contributed by atoms with Crippen LogP contribution >= 0.6 is 11.3 Å². The number of imide groups is 1. The fourth-order valence-electron chi connectivity index (χ4n) is 3.08. The second kappa shape index (κ2) is 7.05.